The van der Waals surface area contributed by atoms with E-state index in [-0.39, 0.29) is 5.41 Å². The van der Waals surface area contributed by atoms with E-state index in [1.54, 1.807) is 6.07 Å². The van der Waals surface area contributed by atoms with Crippen LogP contribution < -0.4 is 0 Å². The predicted octanol–water partition coefficient (Wildman–Crippen LogP) is 3.30. The first-order valence-corrected chi connectivity index (χ1v) is 5.04. The average molecular weight is 214 g/mol. The molecule has 0 aliphatic rings. The Morgan fingerprint density at radius 3 is 2.64 bits per heavy atom. The number of ether oxygens (including phenoxy) is 1. The number of rotatable bonds is 3. The Balaban J connectivity index is 2.39. The van der Waals surface area contributed by atoms with Gasteiger partial charge in [-0.2, -0.15) is 0 Å². The largest absolute Gasteiger partial charge is 0.375 e. The summed E-state index contributed by atoms with van der Waals surface area (Å²) in [5.41, 5.74) is 1.07. The normalized spacial score (nSPS) is 11.7. The summed E-state index contributed by atoms with van der Waals surface area (Å²) in [5.74, 6) is 0. The number of hydrogen-bond donors (Lipinski definition) is 0. The van der Waals surface area contributed by atoms with E-state index in [2.05, 4.69) is 25.8 Å². The van der Waals surface area contributed by atoms with Crippen LogP contribution in [0.15, 0.2) is 18.2 Å². The third-order valence-corrected chi connectivity index (χ3v) is 1.77. The van der Waals surface area contributed by atoms with Gasteiger partial charge < -0.3 is 4.74 Å². The van der Waals surface area contributed by atoms with Crippen LogP contribution >= 0.6 is 11.6 Å². The lowest BCUT2D eigenvalue weighted by Gasteiger charge is -2.17. The second-order valence-corrected chi connectivity index (χ2v) is 4.89. The monoisotopic (exact) mass is 213 g/mol. The first kappa shape index (κ1) is 11.5. The molecule has 0 aliphatic heterocycles. The van der Waals surface area contributed by atoms with Crippen LogP contribution in [0.4, 0.5) is 0 Å². The van der Waals surface area contributed by atoms with Crippen LogP contribution in [0.25, 0.3) is 0 Å². The highest BCUT2D eigenvalue weighted by molar-refractivity contribution is 6.29. The second kappa shape index (κ2) is 4.76. The van der Waals surface area contributed by atoms with Crippen molar-refractivity contribution in [2.24, 2.45) is 5.41 Å². The van der Waals surface area contributed by atoms with Gasteiger partial charge in [-0.25, -0.2) is 4.98 Å². The molecule has 0 bridgehead atoms. The lowest BCUT2D eigenvalue weighted by Crippen LogP contribution is -2.14. The van der Waals surface area contributed by atoms with E-state index in [0.29, 0.717) is 11.8 Å². The minimum atomic E-state index is 0.193. The van der Waals surface area contributed by atoms with Gasteiger partial charge in [0.1, 0.15) is 5.15 Å². The van der Waals surface area contributed by atoms with Crippen LogP contribution in [0.3, 0.4) is 0 Å². The summed E-state index contributed by atoms with van der Waals surface area (Å²) in [6, 6.07) is 5.55. The maximum atomic E-state index is 5.75. The van der Waals surface area contributed by atoms with Gasteiger partial charge in [0.2, 0.25) is 0 Å². The van der Waals surface area contributed by atoms with Crippen molar-refractivity contribution in [2.45, 2.75) is 27.4 Å². The van der Waals surface area contributed by atoms with Gasteiger partial charge in [0.15, 0.2) is 0 Å². The quantitative estimate of drug-likeness (QED) is 0.719. The molecule has 0 amide bonds. The Hall–Kier alpha value is -0.600. The zero-order valence-electron chi connectivity index (χ0n) is 8.88. The molecule has 0 atom stereocenters. The summed E-state index contributed by atoms with van der Waals surface area (Å²) in [6.07, 6.45) is 0. The van der Waals surface area contributed by atoms with Crippen LogP contribution in [0.2, 0.25) is 5.15 Å². The average Bonchev–Trinajstić information content (AvgIpc) is 2.01. The molecule has 1 aromatic rings. The fraction of sp³-hybridized carbons (Fsp3) is 0.545. The maximum absolute atomic E-state index is 5.75. The molecular weight excluding hydrogens is 198 g/mol. The molecule has 0 spiro atoms. The molecule has 0 fully saturated rings. The molecule has 78 valence electrons. The van der Waals surface area contributed by atoms with Gasteiger partial charge in [-0.05, 0) is 17.5 Å². The molecule has 0 unspecified atom stereocenters. The van der Waals surface area contributed by atoms with E-state index < -0.39 is 0 Å². The van der Waals surface area contributed by atoms with Crippen LogP contribution in [-0.2, 0) is 11.3 Å². The molecule has 0 saturated heterocycles. The number of halogens is 1. The van der Waals surface area contributed by atoms with Crippen molar-refractivity contribution in [3.63, 3.8) is 0 Å². The van der Waals surface area contributed by atoms with Gasteiger partial charge in [0.05, 0.1) is 18.9 Å². The smallest absolute Gasteiger partial charge is 0.129 e. The molecule has 3 heteroatoms. The van der Waals surface area contributed by atoms with Crippen LogP contribution in [0, 0.1) is 5.41 Å². The summed E-state index contributed by atoms with van der Waals surface area (Å²) in [7, 11) is 0. The third-order valence-electron chi connectivity index (χ3n) is 1.56. The van der Waals surface area contributed by atoms with E-state index in [0.717, 1.165) is 12.3 Å². The van der Waals surface area contributed by atoms with Crippen molar-refractivity contribution in [1.29, 1.82) is 0 Å². The Morgan fingerprint density at radius 2 is 2.07 bits per heavy atom. The first-order valence-electron chi connectivity index (χ1n) is 4.66. The Morgan fingerprint density at radius 1 is 1.36 bits per heavy atom. The topological polar surface area (TPSA) is 22.1 Å². The Bertz CT molecular complexity index is 294. The van der Waals surface area contributed by atoms with E-state index in [1.165, 1.54) is 0 Å². The van der Waals surface area contributed by atoms with Crippen LogP contribution in [-0.4, -0.2) is 11.6 Å². The van der Waals surface area contributed by atoms with E-state index in [1.807, 2.05) is 12.1 Å². The number of pyridine rings is 1. The van der Waals surface area contributed by atoms with Crippen molar-refractivity contribution in [1.82, 2.24) is 4.98 Å². The predicted molar refractivity (Wildman–Crippen MR) is 58.4 cm³/mol. The fourth-order valence-corrected chi connectivity index (χ4v) is 1.17. The van der Waals surface area contributed by atoms with Gasteiger partial charge >= 0.3 is 0 Å². The van der Waals surface area contributed by atoms with Crippen molar-refractivity contribution in [3.05, 3.63) is 29.0 Å². The van der Waals surface area contributed by atoms with Crippen LogP contribution in [0.1, 0.15) is 26.5 Å². The third kappa shape index (κ3) is 4.58. The summed E-state index contributed by atoms with van der Waals surface area (Å²) in [4.78, 5) is 4.13. The summed E-state index contributed by atoms with van der Waals surface area (Å²) >= 11 is 5.75. The molecule has 1 rings (SSSR count). The number of hydrogen-bond acceptors (Lipinski definition) is 2. The molecule has 0 radical (unpaired) electrons. The molecule has 2 nitrogen and oxygen atoms in total. The van der Waals surface area contributed by atoms with Crippen LogP contribution in [0.5, 0.6) is 0 Å². The van der Waals surface area contributed by atoms with E-state index in [9.17, 15) is 0 Å². The Kier molecular flexibility index (Phi) is 3.90. The lowest BCUT2D eigenvalue weighted by atomic mass is 9.99. The molecule has 14 heavy (non-hydrogen) atoms. The summed E-state index contributed by atoms with van der Waals surface area (Å²) < 4.78 is 5.52. The number of nitrogens with zero attached hydrogens (tertiary/aromatic N) is 1. The molecule has 0 N–H and O–H groups in total. The molecule has 0 aliphatic carbocycles. The van der Waals surface area contributed by atoms with Crippen molar-refractivity contribution in [3.8, 4) is 0 Å². The molecular formula is C11H16ClNO. The zero-order chi connectivity index (χ0) is 10.6. The van der Waals surface area contributed by atoms with Gasteiger partial charge in [-0.1, -0.05) is 38.4 Å². The highest BCUT2D eigenvalue weighted by Crippen LogP contribution is 2.14. The van der Waals surface area contributed by atoms with Gasteiger partial charge in [-0.15, -0.1) is 0 Å². The van der Waals surface area contributed by atoms with Gasteiger partial charge in [0, 0.05) is 0 Å². The fourth-order valence-electron chi connectivity index (χ4n) is 0.992. The number of aromatic nitrogens is 1. The summed E-state index contributed by atoms with van der Waals surface area (Å²) in [5, 5.41) is 0.516. The SMILES string of the molecule is CC(C)(C)COCc1cccc(Cl)n1. The maximum Gasteiger partial charge on any atom is 0.129 e. The van der Waals surface area contributed by atoms with Crippen molar-refractivity contribution in [2.75, 3.05) is 6.61 Å². The minimum Gasteiger partial charge on any atom is -0.375 e. The molecule has 0 aromatic carbocycles. The van der Waals surface area contributed by atoms with Gasteiger partial charge in [-0.3, -0.25) is 0 Å². The van der Waals surface area contributed by atoms with Crippen molar-refractivity contribution < 1.29 is 4.74 Å². The highest BCUT2D eigenvalue weighted by atomic mass is 35.5. The standard InChI is InChI=1S/C11H16ClNO/c1-11(2,3)8-14-7-9-5-4-6-10(12)13-9/h4-6H,7-8H2,1-3H3. The molecule has 0 saturated carbocycles. The molecule has 1 heterocycles. The highest BCUT2D eigenvalue weighted by Gasteiger charge is 2.09. The molecule has 1 aromatic heterocycles. The zero-order valence-corrected chi connectivity index (χ0v) is 9.64. The van der Waals surface area contributed by atoms with Crippen molar-refractivity contribution >= 4 is 11.6 Å². The van der Waals surface area contributed by atoms with Gasteiger partial charge in [0.25, 0.3) is 0 Å². The Labute approximate surface area is 90.3 Å². The summed E-state index contributed by atoms with van der Waals surface area (Å²) in [6.45, 7) is 7.66. The minimum absolute atomic E-state index is 0.193. The lowest BCUT2D eigenvalue weighted by molar-refractivity contribution is 0.0581. The second-order valence-electron chi connectivity index (χ2n) is 4.51. The van der Waals surface area contributed by atoms with E-state index >= 15 is 0 Å². The van der Waals surface area contributed by atoms with E-state index in [4.69, 9.17) is 16.3 Å². The first-order chi connectivity index (χ1) is 6.47.